The van der Waals surface area contributed by atoms with Crippen molar-refractivity contribution >= 4 is 34.8 Å². The van der Waals surface area contributed by atoms with Crippen molar-refractivity contribution < 1.29 is 14.7 Å². The van der Waals surface area contributed by atoms with Gasteiger partial charge in [-0.15, -0.1) is 11.3 Å². The van der Waals surface area contributed by atoms with Gasteiger partial charge in [-0.1, -0.05) is 30.7 Å². The minimum absolute atomic E-state index is 0.288. The Morgan fingerprint density at radius 1 is 1.35 bits per heavy atom. The number of aliphatic carboxylic acids is 1. The fourth-order valence-corrected chi connectivity index (χ4v) is 3.02. The molecule has 2 N–H and O–H groups in total. The number of thiazole rings is 1. The molecule has 1 unspecified atom stereocenters. The Morgan fingerprint density at radius 3 is 2.48 bits per heavy atom. The van der Waals surface area contributed by atoms with Gasteiger partial charge in [0, 0.05) is 10.6 Å². The summed E-state index contributed by atoms with van der Waals surface area (Å²) in [6.45, 7) is 4.94. The maximum absolute atomic E-state index is 12.4. The van der Waals surface area contributed by atoms with Gasteiger partial charge in [-0.25, -0.2) is 9.78 Å². The third kappa shape index (κ3) is 3.71. The molecule has 7 heteroatoms. The molecular formula is C16H17ClN2O3S. The van der Waals surface area contributed by atoms with E-state index in [1.807, 2.05) is 12.1 Å². The fraction of sp³-hybridized carbons (Fsp3) is 0.312. The van der Waals surface area contributed by atoms with Gasteiger partial charge in [-0.2, -0.15) is 0 Å². The van der Waals surface area contributed by atoms with Gasteiger partial charge in [0.05, 0.1) is 5.69 Å². The third-order valence-electron chi connectivity index (χ3n) is 3.66. The first-order chi connectivity index (χ1) is 10.8. The molecule has 1 aromatic heterocycles. The van der Waals surface area contributed by atoms with Gasteiger partial charge in [0.25, 0.3) is 5.91 Å². The lowest BCUT2D eigenvalue weighted by Gasteiger charge is -2.24. The average Bonchev–Trinajstić information content (AvgIpc) is 2.89. The minimum Gasteiger partial charge on any atom is -0.480 e. The van der Waals surface area contributed by atoms with Crippen molar-refractivity contribution in [3.05, 3.63) is 39.9 Å². The van der Waals surface area contributed by atoms with E-state index in [2.05, 4.69) is 10.3 Å². The number of hydrogen-bond donors (Lipinski definition) is 2. The van der Waals surface area contributed by atoms with Crippen LogP contribution < -0.4 is 5.32 Å². The van der Waals surface area contributed by atoms with E-state index in [0.29, 0.717) is 20.6 Å². The zero-order valence-electron chi connectivity index (χ0n) is 13.0. The van der Waals surface area contributed by atoms with Crippen LogP contribution in [0.3, 0.4) is 0 Å². The molecule has 0 saturated heterocycles. The zero-order chi connectivity index (χ0) is 17.2. The molecule has 0 bridgehead atoms. The van der Waals surface area contributed by atoms with Crippen LogP contribution in [-0.2, 0) is 4.79 Å². The highest BCUT2D eigenvalue weighted by Crippen LogP contribution is 2.29. The van der Waals surface area contributed by atoms with E-state index in [1.165, 1.54) is 18.3 Å². The van der Waals surface area contributed by atoms with Crippen LogP contribution in [0.15, 0.2) is 24.3 Å². The quantitative estimate of drug-likeness (QED) is 0.858. The van der Waals surface area contributed by atoms with Crippen LogP contribution in [0.1, 0.15) is 35.6 Å². The molecule has 5 nitrogen and oxygen atoms in total. The molecule has 1 amide bonds. The highest BCUT2D eigenvalue weighted by Gasteiger charge is 2.34. The summed E-state index contributed by atoms with van der Waals surface area (Å²) < 4.78 is 0. The minimum atomic E-state index is -1.30. The molecule has 1 aromatic carbocycles. The van der Waals surface area contributed by atoms with E-state index in [9.17, 15) is 14.7 Å². The van der Waals surface area contributed by atoms with Gasteiger partial charge >= 0.3 is 5.97 Å². The Labute approximate surface area is 143 Å². The Hall–Kier alpha value is -1.92. The molecule has 1 heterocycles. The lowest BCUT2D eigenvalue weighted by molar-refractivity contribution is -0.143. The van der Waals surface area contributed by atoms with E-state index in [1.54, 1.807) is 26.0 Å². The third-order valence-corrected chi connectivity index (χ3v) is 5.12. The number of amides is 1. The Morgan fingerprint density at radius 2 is 1.96 bits per heavy atom. The van der Waals surface area contributed by atoms with Crippen molar-refractivity contribution in [3.8, 4) is 10.6 Å². The lowest BCUT2D eigenvalue weighted by atomic mass is 9.99. The number of carbonyl (C=O) groups excluding carboxylic acids is 1. The normalized spacial score (nSPS) is 13.4. The van der Waals surface area contributed by atoms with Crippen LogP contribution in [0, 0.1) is 6.92 Å². The zero-order valence-corrected chi connectivity index (χ0v) is 14.6. The van der Waals surface area contributed by atoms with E-state index < -0.39 is 17.4 Å². The summed E-state index contributed by atoms with van der Waals surface area (Å²) in [6.07, 6.45) is 0.288. The average molecular weight is 353 g/mol. The monoisotopic (exact) mass is 352 g/mol. The second kappa shape index (κ2) is 6.68. The molecule has 2 rings (SSSR count). The predicted octanol–water partition coefficient (Wildman–Crippen LogP) is 3.76. The van der Waals surface area contributed by atoms with Crippen molar-refractivity contribution in [3.63, 3.8) is 0 Å². The topological polar surface area (TPSA) is 79.3 Å². The molecule has 1 atom stereocenters. The number of rotatable bonds is 5. The fourth-order valence-electron chi connectivity index (χ4n) is 1.92. The molecule has 0 aliphatic heterocycles. The summed E-state index contributed by atoms with van der Waals surface area (Å²) in [7, 11) is 0. The molecule has 0 radical (unpaired) electrons. The molecule has 0 saturated carbocycles. The van der Waals surface area contributed by atoms with Gasteiger partial charge < -0.3 is 10.4 Å². The number of carbonyl (C=O) groups is 2. The van der Waals surface area contributed by atoms with Crippen LogP contribution >= 0.6 is 22.9 Å². The first-order valence-electron chi connectivity index (χ1n) is 7.06. The van der Waals surface area contributed by atoms with Gasteiger partial charge in [0.15, 0.2) is 0 Å². The summed E-state index contributed by atoms with van der Waals surface area (Å²) >= 11 is 7.10. The Balaban J connectivity index is 2.29. The molecule has 0 fully saturated rings. The standard InChI is InChI=1S/C16H17ClN2O3S/c1-4-16(3,15(21)22)19-13(20)12-9(2)18-14(23-12)10-5-7-11(17)8-6-10/h5-8H,4H2,1-3H3,(H,19,20)(H,21,22). The van der Waals surface area contributed by atoms with E-state index in [4.69, 9.17) is 11.6 Å². The van der Waals surface area contributed by atoms with Crippen molar-refractivity contribution in [1.29, 1.82) is 0 Å². The van der Waals surface area contributed by atoms with Crippen molar-refractivity contribution in [1.82, 2.24) is 10.3 Å². The van der Waals surface area contributed by atoms with Crippen LogP contribution in [-0.4, -0.2) is 27.5 Å². The van der Waals surface area contributed by atoms with E-state index in [0.717, 1.165) is 5.56 Å². The van der Waals surface area contributed by atoms with Gasteiger partial charge in [-0.05, 0) is 32.4 Å². The van der Waals surface area contributed by atoms with Crippen LogP contribution in [0.5, 0.6) is 0 Å². The van der Waals surface area contributed by atoms with Gasteiger partial charge in [0.1, 0.15) is 15.4 Å². The number of carboxylic acids is 1. The molecule has 0 aliphatic carbocycles. The van der Waals surface area contributed by atoms with Crippen LogP contribution in [0.4, 0.5) is 0 Å². The lowest BCUT2D eigenvalue weighted by Crippen LogP contribution is -2.51. The molecule has 0 spiro atoms. The number of hydrogen-bond acceptors (Lipinski definition) is 4. The molecule has 122 valence electrons. The predicted molar refractivity (Wildman–Crippen MR) is 91.1 cm³/mol. The number of nitrogens with one attached hydrogen (secondary N) is 1. The number of aryl methyl sites for hydroxylation is 1. The first-order valence-corrected chi connectivity index (χ1v) is 8.25. The van der Waals surface area contributed by atoms with Crippen LogP contribution in [0.25, 0.3) is 10.6 Å². The summed E-state index contributed by atoms with van der Waals surface area (Å²) in [5.74, 6) is -1.49. The van der Waals surface area contributed by atoms with Crippen molar-refractivity contribution in [2.24, 2.45) is 0 Å². The van der Waals surface area contributed by atoms with Gasteiger partial charge in [0.2, 0.25) is 0 Å². The maximum Gasteiger partial charge on any atom is 0.329 e. The second-order valence-electron chi connectivity index (χ2n) is 5.39. The maximum atomic E-state index is 12.4. The summed E-state index contributed by atoms with van der Waals surface area (Å²) in [4.78, 5) is 28.6. The summed E-state index contributed by atoms with van der Waals surface area (Å²) in [5.41, 5.74) is 0.132. The van der Waals surface area contributed by atoms with E-state index in [-0.39, 0.29) is 6.42 Å². The van der Waals surface area contributed by atoms with Crippen molar-refractivity contribution in [2.45, 2.75) is 32.7 Å². The highest BCUT2D eigenvalue weighted by molar-refractivity contribution is 7.17. The molecule has 23 heavy (non-hydrogen) atoms. The smallest absolute Gasteiger partial charge is 0.329 e. The first kappa shape index (κ1) is 17.4. The van der Waals surface area contributed by atoms with Crippen molar-refractivity contribution in [2.75, 3.05) is 0 Å². The molecule has 0 aliphatic rings. The van der Waals surface area contributed by atoms with Gasteiger partial charge in [-0.3, -0.25) is 4.79 Å². The van der Waals surface area contributed by atoms with Crippen LogP contribution in [0.2, 0.25) is 5.02 Å². The van der Waals surface area contributed by atoms with E-state index >= 15 is 0 Å². The highest BCUT2D eigenvalue weighted by atomic mass is 35.5. The largest absolute Gasteiger partial charge is 0.480 e. The number of carboxylic acid groups (broad SMARTS) is 1. The number of nitrogens with zero attached hydrogens (tertiary/aromatic N) is 1. The number of aromatic nitrogens is 1. The number of benzene rings is 1. The number of halogens is 1. The second-order valence-corrected chi connectivity index (χ2v) is 6.82. The summed E-state index contributed by atoms with van der Waals surface area (Å²) in [6, 6.07) is 7.17. The Bertz CT molecular complexity index is 742. The SMILES string of the molecule is CCC(C)(NC(=O)c1sc(-c2ccc(Cl)cc2)nc1C)C(=O)O. The Kier molecular flexibility index (Phi) is 5.06. The molecular weight excluding hydrogens is 336 g/mol. The summed E-state index contributed by atoms with van der Waals surface area (Å²) in [5, 5.41) is 13.2. The molecule has 2 aromatic rings.